The molecule has 1 aliphatic rings. The normalized spacial score (nSPS) is 17.7. The number of ether oxygens (including phenoxy) is 3. The zero-order valence-electron chi connectivity index (χ0n) is 25.4. The predicted molar refractivity (Wildman–Crippen MR) is 178 cm³/mol. The number of carbonyl (C=O) groups excluding carboxylic acids is 1. The number of urea groups is 1. The van der Waals surface area contributed by atoms with Gasteiger partial charge >= 0.3 is 6.03 Å². The number of nitrogens with one attached hydrogen (secondary N) is 2. The highest BCUT2D eigenvalue weighted by molar-refractivity contribution is 7.99. The molecule has 0 spiro atoms. The van der Waals surface area contributed by atoms with Gasteiger partial charge in [0, 0.05) is 49.4 Å². The largest absolute Gasteiger partial charge is 0.457 e. The second-order valence-corrected chi connectivity index (χ2v) is 12.0. The summed E-state index contributed by atoms with van der Waals surface area (Å²) in [6, 6.07) is 32.2. The third kappa shape index (κ3) is 8.35. The van der Waals surface area contributed by atoms with Gasteiger partial charge in [-0.2, -0.15) is 0 Å². The molecule has 1 aliphatic heterocycles. The molecule has 0 aliphatic carbocycles. The van der Waals surface area contributed by atoms with Crippen LogP contribution >= 0.6 is 11.8 Å². The fourth-order valence-electron chi connectivity index (χ4n) is 5.06. The van der Waals surface area contributed by atoms with Gasteiger partial charge in [-0.3, -0.25) is 0 Å². The Hall–Kier alpha value is -4.61. The van der Waals surface area contributed by atoms with E-state index in [4.69, 9.17) is 14.2 Å². The number of anilines is 1. The molecule has 0 unspecified atom stereocenters. The molecule has 1 saturated heterocycles. The van der Waals surface area contributed by atoms with Crippen LogP contribution in [0.1, 0.15) is 41.1 Å². The van der Waals surface area contributed by atoms with E-state index in [-0.39, 0.29) is 24.8 Å². The molecular formula is C36H36N4O5S. The van der Waals surface area contributed by atoms with Gasteiger partial charge in [-0.05, 0) is 53.1 Å². The Morgan fingerprint density at radius 3 is 2.30 bits per heavy atom. The van der Waals surface area contributed by atoms with Crippen molar-refractivity contribution in [1.29, 1.82) is 0 Å². The Labute approximate surface area is 272 Å². The number of hydrogen-bond acceptors (Lipinski definition) is 7. The van der Waals surface area contributed by atoms with Crippen LogP contribution in [0.4, 0.5) is 10.5 Å². The van der Waals surface area contributed by atoms with Crippen molar-refractivity contribution in [3.63, 3.8) is 0 Å². The fourth-order valence-corrected chi connectivity index (χ4v) is 6.01. The number of rotatable bonds is 11. The van der Waals surface area contributed by atoms with Crippen LogP contribution in [0.3, 0.4) is 0 Å². The molecule has 0 bridgehead atoms. The van der Waals surface area contributed by atoms with E-state index in [1.807, 2.05) is 109 Å². The van der Waals surface area contributed by atoms with E-state index < -0.39 is 6.29 Å². The highest BCUT2D eigenvalue weighted by Crippen LogP contribution is 2.39. The topological polar surface area (TPSA) is 107 Å². The molecule has 5 aromatic rings. The Morgan fingerprint density at radius 1 is 0.913 bits per heavy atom. The first-order valence-corrected chi connectivity index (χ1v) is 16.1. The lowest BCUT2D eigenvalue weighted by atomic mass is 10.0. The number of aromatic nitrogens is 2. The van der Waals surface area contributed by atoms with Gasteiger partial charge in [0.1, 0.15) is 11.5 Å². The Morgan fingerprint density at radius 2 is 1.61 bits per heavy atom. The SMILES string of the molecule is Cn1ccnc1SC[C@@H]1C[C@H](c2ccc(CO)cc2)O[C@H](c2ccc(CNC(=O)Nc3ccc(Oc4ccccc4)cc3)cc2)O1. The highest BCUT2D eigenvalue weighted by atomic mass is 32.2. The maximum absolute atomic E-state index is 12.6. The van der Waals surface area contributed by atoms with Gasteiger partial charge in [0.2, 0.25) is 0 Å². The lowest BCUT2D eigenvalue weighted by Gasteiger charge is -2.36. The number of benzene rings is 4. The van der Waals surface area contributed by atoms with Crippen LogP contribution in [0.25, 0.3) is 0 Å². The summed E-state index contributed by atoms with van der Waals surface area (Å²) in [7, 11) is 1.98. The van der Waals surface area contributed by atoms with Gasteiger partial charge in [-0.1, -0.05) is 78.5 Å². The monoisotopic (exact) mass is 636 g/mol. The number of amides is 2. The number of imidazole rings is 1. The third-order valence-electron chi connectivity index (χ3n) is 7.59. The maximum atomic E-state index is 12.6. The van der Waals surface area contributed by atoms with E-state index in [9.17, 15) is 9.90 Å². The lowest BCUT2D eigenvalue weighted by Crippen LogP contribution is -2.31. The molecular weight excluding hydrogens is 600 g/mol. The molecule has 3 N–H and O–H groups in total. The van der Waals surface area contributed by atoms with Crippen LogP contribution in [0, 0.1) is 0 Å². The van der Waals surface area contributed by atoms with Gasteiger partial charge in [-0.25, -0.2) is 9.78 Å². The van der Waals surface area contributed by atoms with Gasteiger partial charge in [0.25, 0.3) is 0 Å². The maximum Gasteiger partial charge on any atom is 0.319 e. The summed E-state index contributed by atoms with van der Waals surface area (Å²) >= 11 is 1.66. The van der Waals surface area contributed by atoms with Crippen LogP contribution in [0.5, 0.6) is 11.5 Å². The number of aryl methyl sites for hydroxylation is 1. The Balaban J connectivity index is 1.05. The Bertz CT molecular complexity index is 1700. The van der Waals surface area contributed by atoms with Crippen molar-refractivity contribution in [1.82, 2.24) is 14.9 Å². The van der Waals surface area contributed by atoms with Crippen LogP contribution in [0.15, 0.2) is 121 Å². The smallest absolute Gasteiger partial charge is 0.319 e. The summed E-state index contributed by atoms with van der Waals surface area (Å²) in [6.45, 7) is 0.359. The molecule has 1 fully saturated rings. The van der Waals surface area contributed by atoms with E-state index in [1.54, 1.807) is 30.1 Å². The number of aliphatic hydroxyl groups is 1. The third-order valence-corrected chi connectivity index (χ3v) is 8.78. The predicted octanol–water partition coefficient (Wildman–Crippen LogP) is 7.36. The second kappa shape index (κ2) is 15.1. The van der Waals surface area contributed by atoms with Crippen molar-refractivity contribution in [2.24, 2.45) is 7.05 Å². The summed E-state index contributed by atoms with van der Waals surface area (Å²) in [6.07, 6.45) is 3.64. The first-order chi connectivity index (χ1) is 22.5. The summed E-state index contributed by atoms with van der Waals surface area (Å²) < 4.78 is 20.7. The molecule has 2 amide bonds. The van der Waals surface area contributed by atoms with Crippen molar-refractivity contribution in [2.75, 3.05) is 11.1 Å². The molecule has 9 nitrogen and oxygen atoms in total. The van der Waals surface area contributed by atoms with Crippen molar-refractivity contribution >= 4 is 23.5 Å². The molecule has 236 valence electrons. The zero-order valence-corrected chi connectivity index (χ0v) is 26.2. The molecule has 4 aromatic carbocycles. The number of nitrogens with zero attached hydrogens (tertiary/aromatic N) is 2. The van der Waals surface area contributed by atoms with E-state index in [2.05, 4.69) is 15.6 Å². The first-order valence-electron chi connectivity index (χ1n) is 15.1. The number of carbonyl (C=O) groups is 1. The zero-order chi connectivity index (χ0) is 31.7. The number of aliphatic hydroxyl groups excluding tert-OH is 1. The Kier molecular flexibility index (Phi) is 10.3. The molecule has 10 heteroatoms. The average Bonchev–Trinajstić information content (AvgIpc) is 3.52. The highest BCUT2D eigenvalue weighted by Gasteiger charge is 2.32. The van der Waals surface area contributed by atoms with E-state index in [0.717, 1.165) is 38.9 Å². The minimum atomic E-state index is -0.553. The van der Waals surface area contributed by atoms with Crippen LogP contribution in [-0.2, 0) is 29.7 Å². The summed E-state index contributed by atoms with van der Waals surface area (Å²) in [5.74, 6) is 2.17. The molecule has 3 atom stereocenters. The summed E-state index contributed by atoms with van der Waals surface area (Å²) in [4.78, 5) is 17.0. The minimum Gasteiger partial charge on any atom is -0.457 e. The van der Waals surface area contributed by atoms with Gasteiger partial charge in [-0.15, -0.1) is 0 Å². The van der Waals surface area contributed by atoms with Crippen molar-refractivity contribution in [2.45, 2.75) is 43.2 Å². The molecule has 0 saturated carbocycles. The lowest BCUT2D eigenvalue weighted by molar-refractivity contribution is -0.245. The van der Waals surface area contributed by atoms with Gasteiger partial charge in [0.05, 0.1) is 18.8 Å². The fraction of sp³-hybridized carbons (Fsp3) is 0.222. The van der Waals surface area contributed by atoms with E-state index in [1.165, 1.54) is 0 Å². The number of para-hydroxylation sites is 1. The average molecular weight is 637 g/mol. The van der Waals surface area contributed by atoms with Crippen LogP contribution in [-0.4, -0.2) is 32.5 Å². The van der Waals surface area contributed by atoms with Gasteiger partial charge < -0.3 is 34.5 Å². The number of hydrogen-bond donors (Lipinski definition) is 3. The number of thioether (sulfide) groups is 1. The molecule has 46 heavy (non-hydrogen) atoms. The van der Waals surface area contributed by atoms with E-state index >= 15 is 0 Å². The summed E-state index contributed by atoms with van der Waals surface area (Å²) in [5, 5.41) is 16.2. The van der Waals surface area contributed by atoms with Gasteiger partial charge in [0.15, 0.2) is 11.4 Å². The first kappa shape index (κ1) is 31.4. The quantitative estimate of drug-likeness (QED) is 0.130. The van der Waals surface area contributed by atoms with Crippen LogP contribution in [0.2, 0.25) is 0 Å². The molecule has 1 aromatic heterocycles. The van der Waals surface area contributed by atoms with Crippen molar-refractivity contribution in [3.05, 3.63) is 138 Å². The molecule has 6 rings (SSSR count). The van der Waals surface area contributed by atoms with Crippen molar-refractivity contribution in [3.8, 4) is 11.5 Å². The minimum absolute atomic E-state index is 0.00104. The van der Waals surface area contributed by atoms with E-state index in [0.29, 0.717) is 24.4 Å². The van der Waals surface area contributed by atoms with Crippen LogP contribution < -0.4 is 15.4 Å². The van der Waals surface area contributed by atoms with Crippen molar-refractivity contribution < 1.29 is 24.1 Å². The summed E-state index contributed by atoms with van der Waals surface area (Å²) in [5.41, 5.74) is 4.41. The molecule has 0 radical (unpaired) electrons. The standard InChI is InChI=1S/C36H36N4O5S/c1-40-20-19-37-36(40)46-24-32-21-33(27-11-9-26(23-41)10-12-27)45-34(44-32)28-13-7-25(8-14-28)22-38-35(42)39-29-15-17-31(18-16-29)43-30-5-3-2-4-6-30/h2-20,32-34,41H,21-24H2,1H3,(H2,38,39,42)/t32-,33+,34+/m0/s1. The molecule has 2 heterocycles. The second-order valence-electron chi connectivity index (χ2n) is 11.0.